The van der Waals surface area contributed by atoms with Crippen molar-refractivity contribution < 1.29 is 0 Å². The predicted molar refractivity (Wildman–Crippen MR) is 92.3 cm³/mol. The number of aromatic nitrogens is 1. The average Bonchev–Trinajstić information content (AvgIpc) is 2.48. The summed E-state index contributed by atoms with van der Waals surface area (Å²) >= 11 is 3.60. The summed E-state index contributed by atoms with van der Waals surface area (Å²) in [6, 6.07) is 12.6. The van der Waals surface area contributed by atoms with E-state index < -0.39 is 0 Å². The van der Waals surface area contributed by atoms with Gasteiger partial charge in [0.2, 0.25) is 0 Å². The largest absolute Gasteiger partial charge is 0.370 e. The van der Waals surface area contributed by atoms with Gasteiger partial charge in [0.1, 0.15) is 5.82 Å². The number of halogens is 1. The summed E-state index contributed by atoms with van der Waals surface area (Å²) in [7, 11) is 2.14. The number of benzene rings is 1. The van der Waals surface area contributed by atoms with E-state index in [1.165, 1.54) is 11.1 Å². The van der Waals surface area contributed by atoms with Crippen LogP contribution in [0.4, 0.5) is 5.82 Å². The van der Waals surface area contributed by atoms with Crippen molar-refractivity contribution >= 4 is 21.7 Å². The Morgan fingerprint density at radius 2 is 2.00 bits per heavy atom. The Labute approximate surface area is 135 Å². The van der Waals surface area contributed by atoms with Crippen LogP contribution in [0.1, 0.15) is 24.5 Å². The Balaban J connectivity index is 1.96. The minimum absolute atomic E-state index is 0.907. The van der Waals surface area contributed by atoms with E-state index in [9.17, 15) is 0 Å². The molecule has 0 atom stereocenters. The Bertz CT molecular complexity index is 571. The first kappa shape index (κ1) is 16.0. The Morgan fingerprint density at radius 1 is 1.19 bits per heavy atom. The number of nitrogens with zero attached hydrogens (tertiary/aromatic N) is 2. The quantitative estimate of drug-likeness (QED) is 0.809. The highest BCUT2D eigenvalue weighted by atomic mass is 79.9. The third-order valence-electron chi connectivity index (χ3n) is 3.23. The van der Waals surface area contributed by atoms with Gasteiger partial charge < -0.3 is 5.32 Å². The molecular formula is C17H22BrN3. The number of nitrogens with one attached hydrogen (secondary N) is 1. The first-order valence-corrected chi connectivity index (χ1v) is 8.09. The molecule has 0 saturated heterocycles. The summed E-state index contributed by atoms with van der Waals surface area (Å²) < 4.78 is 1.16. The molecule has 2 rings (SSSR count). The maximum Gasteiger partial charge on any atom is 0.126 e. The van der Waals surface area contributed by atoms with Crippen molar-refractivity contribution in [3.05, 3.63) is 58.2 Å². The number of pyridine rings is 1. The van der Waals surface area contributed by atoms with Gasteiger partial charge >= 0.3 is 0 Å². The molecule has 3 nitrogen and oxygen atoms in total. The second kappa shape index (κ2) is 8.15. The van der Waals surface area contributed by atoms with Crippen LogP contribution in [-0.2, 0) is 13.1 Å². The van der Waals surface area contributed by atoms with Crippen molar-refractivity contribution in [3.63, 3.8) is 0 Å². The van der Waals surface area contributed by atoms with Crippen LogP contribution >= 0.6 is 15.9 Å². The van der Waals surface area contributed by atoms with E-state index in [0.29, 0.717) is 0 Å². The molecule has 0 saturated carbocycles. The second-order valence-electron chi connectivity index (χ2n) is 5.24. The van der Waals surface area contributed by atoms with Gasteiger partial charge in [0, 0.05) is 30.3 Å². The lowest BCUT2D eigenvalue weighted by molar-refractivity contribution is 0.318. The molecule has 1 heterocycles. The zero-order valence-corrected chi connectivity index (χ0v) is 14.2. The van der Waals surface area contributed by atoms with E-state index in [4.69, 9.17) is 0 Å². The van der Waals surface area contributed by atoms with Gasteiger partial charge in [-0.3, -0.25) is 4.90 Å². The van der Waals surface area contributed by atoms with E-state index in [2.05, 4.69) is 75.4 Å². The molecule has 0 aliphatic rings. The Hall–Kier alpha value is -1.39. The van der Waals surface area contributed by atoms with E-state index in [0.717, 1.165) is 36.3 Å². The minimum Gasteiger partial charge on any atom is -0.370 e. The normalized spacial score (nSPS) is 10.9. The van der Waals surface area contributed by atoms with E-state index in [1.807, 2.05) is 12.3 Å². The van der Waals surface area contributed by atoms with Crippen molar-refractivity contribution in [2.75, 3.05) is 18.9 Å². The summed E-state index contributed by atoms with van der Waals surface area (Å²) in [6.45, 7) is 4.94. The number of anilines is 1. The number of rotatable bonds is 7. The summed E-state index contributed by atoms with van der Waals surface area (Å²) in [5, 5.41) is 3.33. The molecule has 0 fully saturated rings. The highest BCUT2D eigenvalue weighted by molar-refractivity contribution is 9.10. The molecule has 4 heteroatoms. The molecule has 0 spiro atoms. The maximum absolute atomic E-state index is 4.35. The van der Waals surface area contributed by atoms with Gasteiger partial charge in [-0.25, -0.2) is 4.98 Å². The van der Waals surface area contributed by atoms with Gasteiger partial charge in [-0.15, -0.1) is 0 Å². The lowest BCUT2D eigenvalue weighted by atomic mass is 10.2. The van der Waals surface area contributed by atoms with Gasteiger partial charge in [0.25, 0.3) is 0 Å². The molecule has 0 bridgehead atoms. The van der Waals surface area contributed by atoms with Crippen LogP contribution < -0.4 is 5.32 Å². The fourth-order valence-electron chi connectivity index (χ4n) is 2.21. The average molecular weight is 348 g/mol. The molecule has 0 aliphatic heterocycles. The van der Waals surface area contributed by atoms with Gasteiger partial charge in [-0.2, -0.15) is 0 Å². The van der Waals surface area contributed by atoms with Crippen molar-refractivity contribution in [1.82, 2.24) is 9.88 Å². The molecule has 2 aromatic rings. The number of hydrogen-bond acceptors (Lipinski definition) is 3. The van der Waals surface area contributed by atoms with E-state index in [-0.39, 0.29) is 0 Å². The fourth-order valence-corrected chi connectivity index (χ4v) is 2.62. The summed E-state index contributed by atoms with van der Waals surface area (Å²) in [5.41, 5.74) is 2.58. The Morgan fingerprint density at radius 3 is 2.76 bits per heavy atom. The van der Waals surface area contributed by atoms with Gasteiger partial charge in [0.05, 0.1) is 0 Å². The predicted octanol–water partition coefficient (Wildman–Crippen LogP) is 4.30. The summed E-state index contributed by atoms with van der Waals surface area (Å²) in [4.78, 5) is 6.65. The van der Waals surface area contributed by atoms with Crippen molar-refractivity contribution in [3.8, 4) is 0 Å². The molecule has 1 N–H and O–H groups in total. The lowest BCUT2D eigenvalue weighted by Gasteiger charge is -2.18. The third kappa shape index (κ3) is 5.14. The Kier molecular flexibility index (Phi) is 6.21. The molecule has 0 aliphatic carbocycles. The van der Waals surface area contributed by atoms with Crippen molar-refractivity contribution in [2.24, 2.45) is 0 Å². The van der Waals surface area contributed by atoms with Gasteiger partial charge in [-0.05, 0) is 42.8 Å². The van der Waals surface area contributed by atoms with Crippen LogP contribution in [0.15, 0.2) is 47.1 Å². The molecule has 0 radical (unpaired) electrons. The van der Waals surface area contributed by atoms with Gasteiger partial charge in [0.15, 0.2) is 0 Å². The maximum atomic E-state index is 4.35. The smallest absolute Gasteiger partial charge is 0.126 e. The van der Waals surface area contributed by atoms with Crippen molar-refractivity contribution in [1.29, 1.82) is 0 Å². The molecule has 1 aromatic heterocycles. The SMILES string of the molecule is CCCNc1cc(CN(C)Cc2ccccc2Br)ccn1. The first-order chi connectivity index (χ1) is 10.2. The molecular weight excluding hydrogens is 326 g/mol. The zero-order valence-electron chi connectivity index (χ0n) is 12.6. The lowest BCUT2D eigenvalue weighted by Crippen LogP contribution is -2.17. The van der Waals surface area contributed by atoms with Crippen LogP contribution in [0.2, 0.25) is 0 Å². The number of hydrogen-bond donors (Lipinski definition) is 1. The molecule has 0 amide bonds. The zero-order chi connectivity index (χ0) is 15.1. The third-order valence-corrected chi connectivity index (χ3v) is 4.00. The second-order valence-corrected chi connectivity index (χ2v) is 6.09. The molecule has 0 unspecified atom stereocenters. The van der Waals surface area contributed by atoms with Crippen LogP contribution in [-0.4, -0.2) is 23.5 Å². The van der Waals surface area contributed by atoms with E-state index in [1.54, 1.807) is 0 Å². The molecule has 112 valence electrons. The van der Waals surface area contributed by atoms with Crippen LogP contribution in [0.5, 0.6) is 0 Å². The van der Waals surface area contributed by atoms with Crippen LogP contribution in [0.25, 0.3) is 0 Å². The standard InChI is InChI=1S/C17H22BrN3/c1-3-9-19-17-11-14(8-10-20-17)12-21(2)13-15-6-4-5-7-16(15)18/h4-8,10-11H,3,9,12-13H2,1-2H3,(H,19,20). The monoisotopic (exact) mass is 347 g/mol. The molecule has 1 aromatic carbocycles. The first-order valence-electron chi connectivity index (χ1n) is 7.29. The topological polar surface area (TPSA) is 28.2 Å². The van der Waals surface area contributed by atoms with Crippen LogP contribution in [0, 0.1) is 0 Å². The van der Waals surface area contributed by atoms with Crippen LogP contribution in [0.3, 0.4) is 0 Å². The highest BCUT2D eigenvalue weighted by Gasteiger charge is 2.05. The van der Waals surface area contributed by atoms with Crippen molar-refractivity contribution in [2.45, 2.75) is 26.4 Å². The molecule has 21 heavy (non-hydrogen) atoms. The minimum atomic E-state index is 0.907. The van der Waals surface area contributed by atoms with Gasteiger partial charge in [-0.1, -0.05) is 41.1 Å². The van der Waals surface area contributed by atoms with E-state index >= 15 is 0 Å². The summed E-state index contributed by atoms with van der Waals surface area (Å²) in [6.07, 6.45) is 2.98. The highest BCUT2D eigenvalue weighted by Crippen LogP contribution is 2.18. The fraction of sp³-hybridized carbons (Fsp3) is 0.353. The summed E-state index contributed by atoms with van der Waals surface area (Å²) in [5.74, 6) is 0.962.